The van der Waals surface area contributed by atoms with Crippen molar-refractivity contribution in [3.05, 3.63) is 34.9 Å². The van der Waals surface area contributed by atoms with E-state index < -0.39 is 0 Å². The number of ketones is 1. The lowest BCUT2D eigenvalue weighted by atomic mass is 9.96. The Labute approximate surface area is 108 Å². The molecule has 4 heteroatoms. The molecular weight excluding hydrogens is 238 g/mol. The van der Waals surface area contributed by atoms with Gasteiger partial charge >= 0.3 is 0 Å². The third-order valence-corrected chi connectivity index (χ3v) is 2.45. The number of rotatable bonds is 5. The maximum absolute atomic E-state index is 11.4. The molecule has 3 nitrogen and oxygen atoms in total. The van der Waals surface area contributed by atoms with Crippen molar-refractivity contribution in [1.82, 2.24) is 5.48 Å². The van der Waals surface area contributed by atoms with Gasteiger partial charge in [0, 0.05) is 11.6 Å². The van der Waals surface area contributed by atoms with Crippen molar-refractivity contribution in [2.45, 2.75) is 26.7 Å². The zero-order valence-corrected chi connectivity index (χ0v) is 11.5. The fourth-order valence-electron chi connectivity index (χ4n) is 1.36. The van der Waals surface area contributed by atoms with Gasteiger partial charge in [-0.05, 0) is 24.6 Å². The number of Topliss-reactive ketones (excluding diaryl/α,β-unsaturated/α-hetero) is 1. The van der Waals surface area contributed by atoms with Crippen LogP contribution in [0.1, 0.15) is 32.3 Å². The van der Waals surface area contributed by atoms with Crippen molar-refractivity contribution >= 4 is 17.4 Å². The van der Waals surface area contributed by atoms with E-state index in [1.165, 1.54) is 7.11 Å². The SMILES string of the molecule is CC.CONCC(C(C)=O)c1ccc(Cl)cc1. The Balaban J connectivity index is 0.00000121. The summed E-state index contributed by atoms with van der Waals surface area (Å²) in [5, 5.41) is 0.667. The van der Waals surface area contributed by atoms with Gasteiger partial charge in [-0.25, -0.2) is 5.48 Å². The molecule has 0 spiro atoms. The van der Waals surface area contributed by atoms with Gasteiger partial charge in [0.15, 0.2) is 0 Å². The first-order valence-electron chi connectivity index (χ1n) is 5.67. The molecule has 0 heterocycles. The highest BCUT2D eigenvalue weighted by atomic mass is 35.5. The minimum absolute atomic E-state index is 0.0990. The summed E-state index contributed by atoms with van der Waals surface area (Å²) in [5.74, 6) is -0.0934. The molecule has 1 unspecified atom stereocenters. The van der Waals surface area contributed by atoms with Gasteiger partial charge in [0.25, 0.3) is 0 Å². The Morgan fingerprint density at radius 1 is 1.35 bits per heavy atom. The first kappa shape index (κ1) is 16.1. The highest BCUT2D eigenvalue weighted by molar-refractivity contribution is 6.30. The van der Waals surface area contributed by atoms with Crippen molar-refractivity contribution in [2.24, 2.45) is 0 Å². The maximum atomic E-state index is 11.4. The molecule has 0 radical (unpaired) electrons. The molecule has 1 aromatic rings. The second kappa shape index (κ2) is 9.16. The quantitative estimate of drug-likeness (QED) is 0.824. The minimum Gasteiger partial charge on any atom is -0.305 e. The Morgan fingerprint density at radius 2 is 1.88 bits per heavy atom. The number of hydrogen-bond acceptors (Lipinski definition) is 3. The van der Waals surface area contributed by atoms with E-state index in [1.807, 2.05) is 26.0 Å². The summed E-state index contributed by atoms with van der Waals surface area (Å²) in [5.41, 5.74) is 3.63. The van der Waals surface area contributed by atoms with Gasteiger partial charge in [-0.3, -0.25) is 4.79 Å². The highest BCUT2D eigenvalue weighted by Crippen LogP contribution is 2.18. The Kier molecular flexibility index (Phi) is 8.68. The van der Waals surface area contributed by atoms with E-state index >= 15 is 0 Å². The predicted molar refractivity (Wildman–Crippen MR) is 71.2 cm³/mol. The number of hydrogen-bond donors (Lipinski definition) is 1. The second-order valence-corrected chi connectivity index (χ2v) is 3.70. The van der Waals surface area contributed by atoms with E-state index in [2.05, 4.69) is 5.48 Å². The molecule has 1 N–H and O–H groups in total. The maximum Gasteiger partial charge on any atom is 0.138 e. The number of halogens is 1. The van der Waals surface area contributed by atoms with Crippen molar-refractivity contribution in [3.63, 3.8) is 0 Å². The topological polar surface area (TPSA) is 38.3 Å². The first-order valence-corrected chi connectivity index (χ1v) is 6.04. The monoisotopic (exact) mass is 257 g/mol. The van der Waals surface area contributed by atoms with Crippen LogP contribution in [0.25, 0.3) is 0 Å². The van der Waals surface area contributed by atoms with Crippen LogP contribution in [0, 0.1) is 0 Å². The lowest BCUT2D eigenvalue weighted by Gasteiger charge is -2.14. The number of benzene rings is 1. The molecule has 0 saturated carbocycles. The van der Waals surface area contributed by atoms with Gasteiger partial charge in [-0.1, -0.05) is 37.6 Å². The van der Waals surface area contributed by atoms with Crippen LogP contribution in [0.15, 0.2) is 24.3 Å². The van der Waals surface area contributed by atoms with Gasteiger partial charge in [0.1, 0.15) is 5.78 Å². The van der Waals surface area contributed by atoms with Crippen LogP contribution in [0.3, 0.4) is 0 Å². The number of hydroxylamine groups is 1. The van der Waals surface area contributed by atoms with Crippen LogP contribution in [-0.4, -0.2) is 19.4 Å². The fourth-order valence-corrected chi connectivity index (χ4v) is 1.48. The van der Waals surface area contributed by atoms with Crippen molar-refractivity contribution < 1.29 is 9.63 Å². The van der Waals surface area contributed by atoms with Crippen LogP contribution in [0.5, 0.6) is 0 Å². The van der Waals surface area contributed by atoms with Crippen LogP contribution in [-0.2, 0) is 9.63 Å². The number of carbonyl (C=O) groups is 1. The molecule has 96 valence electrons. The number of carbonyl (C=O) groups excluding carboxylic acids is 1. The smallest absolute Gasteiger partial charge is 0.138 e. The van der Waals surface area contributed by atoms with Gasteiger partial charge in [-0.15, -0.1) is 0 Å². The number of nitrogens with one attached hydrogen (secondary N) is 1. The summed E-state index contributed by atoms with van der Waals surface area (Å²) in [4.78, 5) is 16.1. The predicted octanol–water partition coefficient (Wildman–Crippen LogP) is 3.19. The molecule has 1 aromatic carbocycles. The summed E-state index contributed by atoms with van der Waals surface area (Å²) in [6.07, 6.45) is 0. The molecule has 1 atom stereocenters. The lowest BCUT2D eigenvalue weighted by molar-refractivity contribution is -0.118. The molecule has 1 rings (SSSR count). The third-order valence-electron chi connectivity index (χ3n) is 2.19. The Hall–Kier alpha value is -0.900. The minimum atomic E-state index is -0.192. The summed E-state index contributed by atoms with van der Waals surface area (Å²) in [6, 6.07) is 7.26. The largest absolute Gasteiger partial charge is 0.305 e. The molecular formula is C13H20ClNO2. The molecule has 0 fully saturated rings. The lowest BCUT2D eigenvalue weighted by Crippen LogP contribution is -2.24. The van der Waals surface area contributed by atoms with Crippen LogP contribution in [0.2, 0.25) is 5.02 Å². The summed E-state index contributed by atoms with van der Waals surface area (Å²) in [6.45, 7) is 6.03. The molecule has 0 saturated heterocycles. The Bertz CT molecular complexity index is 325. The molecule has 0 aromatic heterocycles. The Morgan fingerprint density at radius 3 is 2.29 bits per heavy atom. The average molecular weight is 258 g/mol. The highest BCUT2D eigenvalue weighted by Gasteiger charge is 2.15. The first-order chi connectivity index (χ1) is 8.15. The van der Waals surface area contributed by atoms with E-state index in [1.54, 1.807) is 19.1 Å². The normalized spacial score (nSPS) is 11.4. The molecule has 17 heavy (non-hydrogen) atoms. The van der Waals surface area contributed by atoms with Crippen LogP contribution in [0.4, 0.5) is 0 Å². The van der Waals surface area contributed by atoms with E-state index in [4.69, 9.17) is 16.4 Å². The van der Waals surface area contributed by atoms with Crippen molar-refractivity contribution in [2.75, 3.05) is 13.7 Å². The standard InChI is InChI=1S/C11H14ClNO2.C2H6/c1-8(14)11(7-13-15-2)9-3-5-10(12)6-4-9;1-2/h3-6,11,13H,7H2,1-2H3;1-2H3. The van der Waals surface area contributed by atoms with Gasteiger partial charge in [0.2, 0.25) is 0 Å². The summed E-state index contributed by atoms with van der Waals surface area (Å²) < 4.78 is 0. The van der Waals surface area contributed by atoms with Crippen LogP contribution >= 0.6 is 11.6 Å². The van der Waals surface area contributed by atoms with Crippen LogP contribution < -0.4 is 5.48 Å². The van der Waals surface area contributed by atoms with E-state index in [0.29, 0.717) is 11.6 Å². The molecule has 0 aliphatic carbocycles. The van der Waals surface area contributed by atoms with E-state index in [9.17, 15) is 4.79 Å². The van der Waals surface area contributed by atoms with Crippen molar-refractivity contribution in [1.29, 1.82) is 0 Å². The summed E-state index contributed by atoms with van der Waals surface area (Å²) >= 11 is 5.78. The van der Waals surface area contributed by atoms with Gasteiger partial charge in [-0.2, -0.15) is 0 Å². The molecule has 0 aliphatic heterocycles. The average Bonchev–Trinajstić information content (AvgIpc) is 2.34. The van der Waals surface area contributed by atoms with Gasteiger partial charge in [0.05, 0.1) is 13.0 Å². The third kappa shape index (κ3) is 5.82. The second-order valence-electron chi connectivity index (χ2n) is 3.27. The zero-order valence-electron chi connectivity index (χ0n) is 10.8. The van der Waals surface area contributed by atoms with E-state index in [-0.39, 0.29) is 11.7 Å². The summed E-state index contributed by atoms with van der Waals surface area (Å²) in [7, 11) is 1.53. The molecule has 0 aliphatic rings. The molecule has 0 bridgehead atoms. The van der Waals surface area contributed by atoms with Crippen molar-refractivity contribution in [3.8, 4) is 0 Å². The fraction of sp³-hybridized carbons (Fsp3) is 0.462. The van der Waals surface area contributed by atoms with Gasteiger partial charge < -0.3 is 4.84 Å². The van der Waals surface area contributed by atoms with E-state index in [0.717, 1.165) is 5.56 Å². The molecule has 0 amide bonds. The zero-order chi connectivity index (χ0) is 13.3.